The molecule has 7 nitrogen and oxygen atoms in total. The number of thiocarbonyl (C=S) groups is 1. The normalized spacial score (nSPS) is 14.6. The van der Waals surface area contributed by atoms with Gasteiger partial charge in [-0.2, -0.15) is 0 Å². The molecule has 3 aromatic rings. The van der Waals surface area contributed by atoms with Gasteiger partial charge >= 0.3 is 0 Å². The first-order valence-corrected chi connectivity index (χ1v) is 11.9. The fraction of sp³-hybridized carbons (Fsp3) is 0.130. The SMILES string of the molecule is COc1ccc(/C=C2\SC(=S)N(CC(=O)Nc3nc(-c4ccccc4)cs3)C2=O)cc1OC. The average molecular weight is 498 g/mol. The minimum absolute atomic E-state index is 0.186. The zero-order chi connectivity index (χ0) is 23.4. The van der Waals surface area contributed by atoms with Gasteiger partial charge in [0.2, 0.25) is 5.91 Å². The fourth-order valence-corrected chi connectivity index (χ4v) is 5.10. The molecule has 4 rings (SSSR count). The number of methoxy groups -OCH3 is 2. The Morgan fingerprint density at radius 3 is 2.64 bits per heavy atom. The second-order valence-electron chi connectivity index (χ2n) is 6.83. The Bertz CT molecular complexity index is 1240. The summed E-state index contributed by atoms with van der Waals surface area (Å²) < 4.78 is 10.9. The van der Waals surface area contributed by atoms with Gasteiger partial charge in [-0.25, -0.2) is 4.98 Å². The van der Waals surface area contributed by atoms with Crippen molar-refractivity contribution >= 4 is 62.7 Å². The molecule has 168 valence electrons. The lowest BCUT2D eigenvalue weighted by molar-refractivity contribution is -0.126. The number of rotatable bonds is 7. The number of nitrogens with zero attached hydrogens (tertiary/aromatic N) is 2. The minimum atomic E-state index is -0.368. The number of hydrogen-bond donors (Lipinski definition) is 1. The lowest BCUT2D eigenvalue weighted by Gasteiger charge is -2.13. The van der Waals surface area contributed by atoms with Crippen LogP contribution in [0.15, 0.2) is 58.8 Å². The molecule has 1 aromatic heterocycles. The highest BCUT2D eigenvalue weighted by Gasteiger charge is 2.33. The van der Waals surface area contributed by atoms with Crippen molar-refractivity contribution in [2.45, 2.75) is 0 Å². The zero-order valence-corrected chi connectivity index (χ0v) is 20.2. The molecule has 0 saturated carbocycles. The largest absolute Gasteiger partial charge is 0.493 e. The second-order valence-corrected chi connectivity index (χ2v) is 9.37. The van der Waals surface area contributed by atoms with Gasteiger partial charge in [0, 0.05) is 10.9 Å². The number of thioether (sulfide) groups is 1. The Balaban J connectivity index is 1.42. The van der Waals surface area contributed by atoms with Gasteiger partial charge in [0.1, 0.15) is 10.9 Å². The summed E-state index contributed by atoms with van der Waals surface area (Å²) in [5, 5.41) is 5.08. The van der Waals surface area contributed by atoms with E-state index in [2.05, 4.69) is 10.3 Å². The number of carbonyl (C=O) groups excluding carboxylic acids is 2. The number of thiazole rings is 1. The van der Waals surface area contributed by atoms with Crippen LogP contribution in [0, 0.1) is 0 Å². The molecule has 1 saturated heterocycles. The van der Waals surface area contributed by atoms with E-state index in [0.717, 1.165) is 28.6 Å². The van der Waals surface area contributed by atoms with Gasteiger partial charge in [-0.05, 0) is 23.8 Å². The van der Waals surface area contributed by atoms with Crippen LogP contribution in [0.1, 0.15) is 5.56 Å². The molecule has 2 aromatic carbocycles. The third-order valence-electron chi connectivity index (χ3n) is 4.70. The first-order valence-electron chi connectivity index (χ1n) is 9.76. The van der Waals surface area contributed by atoms with Crippen LogP contribution < -0.4 is 14.8 Å². The van der Waals surface area contributed by atoms with Crippen molar-refractivity contribution in [1.29, 1.82) is 0 Å². The number of amides is 2. The fourth-order valence-electron chi connectivity index (χ4n) is 3.11. The van der Waals surface area contributed by atoms with Gasteiger partial charge in [0.05, 0.1) is 24.8 Å². The Morgan fingerprint density at radius 2 is 1.91 bits per heavy atom. The van der Waals surface area contributed by atoms with Crippen LogP contribution in [0.2, 0.25) is 0 Å². The number of hydrogen-bond acceptors (Lipinski definition) is 8. The predicted molar refractivity (Wildman–Crippen MR) is 136 cm³/mol. The van der Waals surface area contributed by atoms with Crippen molar-refractivity contribution in [3.05, 3.63) is 64.4 Å². The molecule has 2 heterocycles. The summed E-state index contributed by atoms with van der Waals surface area (Å²) in [6.07, 6.45) is 1.71. The highest BCUT2D eigenvalue weighted by molar-refractivity contribution is 8.26. The summed E-state index contributed by atoms with van der Waals surface area (Å²) in [5.41, 5.74) is 2.50. The third-order valence-corrected chi connectivity index (χ3v) is 6.84. The van der Waals surface area contributed by atoms with E-state index in [4.69, 9.17) is 21.7 Å². The first kappa shape index (κ1) is 23.0. The van der Waals surface area contributed by atoms with E-state index >= 15 is 0 Å². The molecule has 0 atom stereocenters. The summed E-state index contributed by atoms with van der Waals surface area (Å²) in [5.74, 6) is 0.461. The molecule has 1 aliphatic heterocycles. The average Bonchev–Trinajstić information content (AvgIpc) is 3.39. The van der Waals surface area contributed by atoms with Crippen molar-refractivity contribution in [2.24, 2.45) is 0 Å². The van der Waals surface area contributed by atoms with E-state index in [-0.39, 0.29) is 18.4 Å². The standard InChI is InChI=1S/C23H19N3O4S3/c1-29-17-9-8-14(10-18(17)30-2)11-19-21(28)26(23(31)33-19)12-20(27)25-22-24-16(13-32-22)15-6-4-3-5-7-15/h3-11,13H,12H2,1-2H3,(H,24,25,27)/b19-11-. The smallest absolute Gasteiger partial charge is 0.266 e. The molecule has 2 amide bonds. The Hall–Kier alpha value is -3.21. The van der Waals surface area contributed by atoms with E-state index in [0.29, 0.717) is 25.9 Å². The van der Waals surface area contributed by atoms with Gasteiger partial charge in [-0.15, -0.1) is 11.3 Å². The summed E-state index contributed by atoms with van der Waals surface area (Å²) >= 11 is 7.82. The van der Waals surface area contributed by atoms with Crippen molar-refractivity contribution in [2.75, 3.05) is 26.1 Å². The molecule has 0 bridgehead atoms. The van der Waals surface area contributed by atoms with E-state index in [1.54, 1.807) is 32.4 Å². The Labute approximate surface area is 204 Å². The number of benzene rings is 2. The van der Waals surface area contributed by atoms with Gasteiger partial charge in [-0.1, -0.05) is 60.4 Å². The maximum absolute atomic E-state index is 12.9. The molecule has 33 heavy (non-hydrogen) atoms. The molecule has 1 aliphatic rings. The Morgan fingerprint density at radius 1 is 1.15 bits per heavy atom. The molecule has 1 N–H and O–H groups in total. The van der Waals surface area contributed by atoms with Crippen molar-refractivity contribution in [1.82, 2.24) is 9.88 Å². The van der Waals surface area contributed by atoms with Crippen molar-refractivity contribution in [3.63, 3.8) is 0 Å². The van der Waals surface area contributed by atoms with Crippen LogP contribution in [0.5, 0.6) is 11.5 Å². The van der Waals surface area contributed by atoms with Crippen LogP contribution in [0.3, 0.4) is 0 Å². The zero-order valence-electron chi connectivity index (χ0n) is 17.7. The molecule has 0 aliphatic carbocycles. The summed E-state index contributed by atoms with van der Waals surface area (Å²) in [7, 11) is 3.10. The number of aromatic nitrogens is 1. The van der Waals surface area contributed by atoms with Crippen molar-refractivity contribution in [3.8, 4) is 22.8 Å². The van der Waals surface area contributed by atoms with Crippen molar-refractivity contribution < 1.29 is 19.1 Å². The molecule has 0 radical (unpaired) electrons. The van der Waals surface area contributed by atoms with Gasteiger partial charge < -0.3 is 14.8 Å². The van der Waals surface area contributed by atoms with Crippen LogP contribution in [-0.4, -0.2) is 46.8 Å². The molecule has 10 heteroatoms. The molecule has 0 spiro atoms. The van der Waals surface area contributed by atoms with Crippen LogP contribution in [-0.2, 0) is 9.59 Å². The highest BCUT2D eigenvalue weighted by Crippen LogP contribution is 2.34. The number of nitrogens with one attached hydrogen (secondary N) is 1. The number of carbonyl (C=O) groups is 2. The second kappa shape index (κ2) is 10.2. The maximum Gasteiger partial charge on any atom is 0.266 e. The maximum atomic E-state index is 12.9. The van der Waals surface area contributed by atoms with Crippen LogP contribution in [0.4, 0.5) is 5.13 Å². The van der Waals surface area contributed by atoms with E-state index in [9.17, 15) is 9.59 Å². The quantitative estimate of drug-likeness (QED) is 0.375. The molecular formula is C23H19N3O4S3. The van der Waals surface area contributed by atoms with Gasteiger partial charge in [0.25, 0.3) is 5.91 Å². The van der Waals surface area contributed by atoms with E-state index < -0.39 is 0 Å². The summed E-state index contributed by atoms with van der Waals surface area (Å²) in [6, 6.07) is 15.0. The monoisotopic (exact) mass is 497 g/mol. The molecular weight excluding hydrogens is 478 g/mol. The van der Waals surface area contributed by atoms with Gasteiger partial charge in [0.15, 0.2) is 16.6 Å². The Kier molecular flexibility index (Phi) is 7.07. The summed E-state index contributed by atoms with van der Waals surface area (Å²) in [6.45, 7) is -0.186. The molecule has 0 unspecified atom stereocenters. The predicted octanol–water partition coefficient (Wildman–Crippen LogP) is 4.67. The van der Waals surface area contributed by atoms with E-state index in [1.807, 2.05) is 41.8 Å². The number of ether oxygens (including phenoxy) is 2. The number of anilines is 1. The first-order chi connectivity index (χ1) is 16.0. The lowest BCUT2D eigenvalue weighted by Crippen LogP contribution is -2.36. The van der Waals surface area contributed by atoms with Crippen LogP contribution in [0.25, 0.3) is 17.3 Å². The van der Waals surface area contributed by atoms with Crippen LogP contribution >= 0.6 is 35.3 Å². The summed E-state index contributed by atoms with van der Waals surface area (Å²) in [4.78, 5) is 31.6. The topological polar surface area (TPSA) is 80.8 Å². The molecule has 1 fully saturated rings. The third kappa shape index (κ3) is 5.24. The van der Waals surface area contributed by atoms with Gasteiger partial charge in [-0.3, -0.25) is 14.5 Å². The minimum Gasteiger partial charge on any atom is -0.493 e. The van der Waals surface area contributed by atoms with E-state index in [1.165, 1.54) is 16.2 Å². The lowest BCUT2D eigenvalue weighted by atomic mass is 10.2. The highest BCUT2D eigenvalue weighted by atomic mass is 32.2.